The molecule has 4 heterocycles. The van der Waals surface area contributed by atoms with Crippen molar-refractivity contribution in [3.8, 4) is 34.1 Å². The van der Waals surface area contributed by atoms with Gasteiger partial charge < -0.3 is 14.8 Å². The van der Waals surface area contributed by atoms with Gasteiger partial charge in [0.2, 0.25) is 5.88 Å². The van der Waals surface area contributed by atoms with Gasteiger partial charge in [0.05, 0.1) is 31.2 Å². The Morgan fingerprint density at radius 3 is 2.83 bits per heavy atom. The molecule has 152 valence electrons. The van der Waals surface area contributed by atoms with Crippen molar-refractivity contribution in [2.45, 2.75) is 18.9 Å². The molecule has 5 rings (SSSR count). The summed E-state index contributed by atoms with van der Waals surface area (Å²) in [6.45, 7) is 1.87. The van der Waals surface area contributed by atoms with Crippen LogP contribution in [0.3, 0.4) is 0 Å². The van der Waals surface area contributed by atoms with Crippen LogP contribution >= 0.6 is 0 Å². The first kappa shape index (κ1) is 18.5. The maximum atomic E-state index is 6.03. The molecule has 0 amide bonds. The van der Waals surface area contributed by atoms with Gasteiger partial charge in [-0.25, -0.2) is 4.98 Å². The molecule has 1 fully saturated rings. The molecule has 30 heavy (non-hydrogen) atoms. The summed E-state index contributed by atoms with van der Waals surface area (Å²) in [4.78, 5) is 13.2. The lowest BCUT2D eigenvalue weighted by molar-refractivity contribution is 0.160. The number of hydrogen-bond acceptors (Lipinski definition) is 7. The van der Waals surface area contributed by atoms with E-state index in [2.05, 4.69) is 36.5 Å². The van der Waals surface area contributed by atoms with E-state index in [9.17, 15) is 0 Å². The van der Waals surface area contributed by atoms with E-state index in [-0.39, 0.29) is 6.10 Å². The Morgan fingerprint density at radius 1 is 1.03 bits per heavy atom. The lowest BCUT2D eigenvalue weighted by Gasteiger charge is -2.23. The maximum absolute atomic E-state index is 6.03. The lowest BCUT2D eigenvalue weighted by Crippen LogP contribution is -2.37. The Morgan fingerprint density at radius 2 is 1.97 bits per heavy atom. The highest BCUT2D eigenvalue weighted by molar-refractivity contribution is 5.94. The second-order valence-electron chi connectivity index (χ2n) is 7.27. The zero-order valence-corrected chi connectivity index (χ0v) is 16.6. The van der Waals surface area contributed by atoms with Crippen LogP contribution in [0.15, 0.2) is 49.1 Å². The van der Waals surface area contributed by atoms with Crippen LogP contribution in [-0.2, 0) is 0 Å². The Hall–Kier alpha value is -3.52. The third-order valence-corrected chi connectivity index (χ3v) is 5.24. The van der Waals surface area contributed by atoms with E-state index < -0.39 is 0 Å². The first-order chi connectivity index (χ1) is 14.8. The van der Waals surface area contributed by atoms with Crippen molar-refractivity contribution in [2.75, 3.05) is 20.2 Å². The van der Waals surface area contributed by atoms with Gasteiger partial charge >= 0.3 is 0 Å². The number of hydrogen-bond donors (Lipinski definition) is 2. The van der Waals surface area contributed by atoms with E-state index in [1.54, 1.807) is 25.7 Å². The molecule has 8 heteroatoms. The van der Waals surface area contributed by atoms with Gasteiger partial charge in [-0.1, -0.05) is 6.07 Å². The van der Waals surface area contributed by atoms with Gasteiger partial charge in [-0.15, -0.1) is 0 Å². The number of aromatic amines is 1. The number of rotatable bonds is 5. The molecule has 2 N–H and O–H groups in total. The molecule has 0 bridgehead atoms. The molecule has 8 nitrogen and oxygen atoms in total. The highest BCUT2D eigenvalue weighted by Gasteiger charge is 2.17. The van der Waals surface area contributed by atoms with E-state index in [1.165, 1.54) is 0 Å². The molecule has 1 aromatic carbocycles. The van der Waals surface area contributed by atoms with Crippen molar-refractivity contribution in [3.05, 3.63) is 49.1 Å². The smallest absolute Gasteiger partial charge is 0.233 e. The number of nitrogens with one attached hydrogen (secondary N) is 2. The number of fused-ring (bicyclic) bond motifs is 1. The van der Waals surface area contributed by atoms with Crippen LogP contribution in [0.1, 0.15) is 12.8 Å². The number of H-pyrrole nitrogens is 1. The Balaban J connectivity index is 1.49. The summed E-state index contributed by atoms with van der Waals surface area (Å²) >= 11 is 0. The number of benzene rings is 1. The summed E-state index contributed by atoms with van der Waals surface area (Å²) in [5, 5.41) is 11.9. The SMILES string of the molecule is COc1cncc(-c2ccc3[nH]nc(-c4cncc(OC5CCCNC5)n4)c3c2)c1. The summed E-state index contributed by atoms with van der Waals surface area (Å²) in [5.41, 5.74) is 4.32. The molecule has 1 aliphatic rings. The minimum Gasteiger partial charge on any atom is -0.495 e. The molecule has 0 aliphatic carbocycles. The molecule has 0 spiro atoms. The van der Waals surface area contributed by atoms with Gasteiger partial charge in [0.15, 0.2) is 0 Å². The van der Waals surface area contributed by atoms with E-state index in [0.29, 0.717) is 17.3 Å². The Labute approximate surface area is 173 Å². The first-order valence-corrected chi connectivity index (χ1v) is 9.97. The van der Waals surface area contributed by atoms with Crippen LogP contribution in [0.4, 0.5) is 0 Å². The predicted octanol–water partition coefficient (Wildman–Crippen LogP) is 3.22. The van der Waals surface area contributed by atoms with E-state index in [1.807, 2.05) is 24.4 Å². The minimum atomic E-state index is 0.117. The fourth-order valence-electron chi connectivity index (χ4n) is 3.69. The molecule has 1 atom stereocenters. The summed E-state index contributed by atoms with van der Waals surface area (Å²) < 4.78 is 11.3. The van der Waals surface area contributed by atoms with Crippen molar-refractivity contribution in [2.24, 2.45) is 0 Å². The van der Waals surface area contributed by atoms with Crippen molar-refractivity contribution in [1.82, 2.24) is 30.5 Å². The number of piperidine rings is 1. The summed E-state index contributed by atoms with van der Waals surface area (Å²) in [5.74, 6) is 1.23. The number of pyridine rings is 1. The van der Waals surface area contributed by atoms with Gasteiger partial charge in [0.1, 0.15) is 23.2 Å². The molecule has 3 aromatic heterocycles. The zero-order chi connectivity index (χ0) is 20.3. The van der Waals surface area contributed by atoms with Gasteiger partial charge in [-0.2, -0.15) is 5.10 Å². The molecule has 1 aliphatic heterocycles. The van der Waals surface area contributed by atoms with E-state index in [4.69, 9.17) is 9.47 Å². The highest BCUT2D eigenvalue weighted by atomic mass is 16.5. The van der Waals surface area contributed by atoms with Crippen LogP contribution in [0.2, 0.25) is 0 Å². The Bertz CT molecular complexity index is 1170. The van der Waals surface area contributed by atoms with Crippen LogP contribution in [0.5, 0.6) is 11.6 Å². The molecule has 1 saturated heterocycles. The maximum Gasteiger partial charge on any atom is 0.233 e. The first-order valence-electron chi connectivity index (χ1n) is 9.97. The minimum absolute atomic E-state index is 0.117. The standard InChI is InChI=1S/C22H22N6O2/c1-29-17-7-15(9-24-11-17)14-4-5-19-18(8-14)22(28-27-19)20-12-25-13-21(26-20)30-16-3-2-6-23-10-16/h4-5,7-9,11-13,16,23H,2-3,6,10H2,1H3,(H,27,28). The van der Waals surface area contributed by atoms with Gasteiger partial charge in [-0.05, 0) is 43.1 Å². The fourth-order valence-corrected chi connectivity index (χ4v) is 3.69. The number of ether oxygens (including phenoxy) is 2. The van der Waals surface area contributed by atoms with Crippen LogP contribution in [0, 0.1) is 0 Å². The van der Waals surface area contributed by atoms with Gasteiger partial charge in [-0.3, -0.25) is 15.1 Å². The average Bonchev–Trinajstić information content (AvgIpc) is 3.23. The van der Waals surface area contributed by atoms with Crippen LogP contribution in [0.25, 0.3) is 33.4 Å². The zero-order valence-electron chi connectivity index (χ0n) is 16.6. The van der Waals surface area contributed by atoms with Crippen molar-refractivity contribution in [1.29, 1.82) is 0 Å². The second kappa shape index (κ2) is 8.08. The quantitative estimate of drug-likeness (QED) is 0.529. The predicted molar refractivity (Wildman–Crippen MR) is 113 cm³/mol. The topological polar surface area (TPSA) is 97.8 Å². The number of nitrogens with zero attached hydrogens (tertiary/aromatic N) is 4. The number of methoxy groups -OCH3 is 1. The second-order valence-corrected chi connectivity index (χ2v) is 7.27. The third-order valence-electron chi connectivity index (χ3n) is 5.24. The van der Waals surface area contributed by atoms with E-state index >= 15 is 0 Å². The highest BCUT2D eigenvalue weighted by Crippen LogP contribution is 2.31. The summed E-state index contributed by atoms with van der Waals surface area (Å²) in [7, 11) is 1.63. The van der Waals surface area contributed by atoms with Crippen molar-refractivity contribution < 1.29 is 9.47 Å². The monoisotopic (exact) mass is 402 g/mol. The van der Waals surface area contributed by atoms with E-state index in [0.717, 1.165) is 53.7 Å². The lowest BCUT2D eigenvalue weighted by atomic mass is 10.0. The number of aromatic nitrogens is 5. The molecular weight excluding hydrogens is 380 g/mol. The molecular formula is C22H22N6O2. The van der Waals surface area contributed by atoms with Crippen LogP contribution in [-0.4, -0.2) is 51.5 Å². The van der Waals surface area contributed by atoms with Crippen molar-refractivity contribution in [3.63, 3.8) is 0 Å². The van der Waals surface area contributed by atoms with Crippen molar-refractivity contribution >= 4 is 10.9 Å². The van der Waals surface area contributed by atoms with Crippen LogP contribution < -0.4 is 14.8 Å². The normalized spacial score (nSPS) is 16.5. The summed E-state index contributed by atoms with van der Waals surface area (Å²) in [6, 6.07) is 8.06. The molecule has 4 aromatic rings. The molecule has 0 saturated carbocycles. The average molecular weight is 402 g/mol. The molecule has 0 radical (unpaired) electrons. The van der Waals surface area contributed by atoms with Gasteiger partial charge in [0, 0.05) is 23.7 Å². The van der Waals surface area contributed by atoms with Gasteiger partial charge in [0.25, 0.3) is 0 Å². The Kier molecular flexibility index (Phi) is 4.98. The third kappa shape index (κ3) is 3.69. The molecule has 1 unspecified atom stereocenters. The fraction of sp³-hybridized carbons (Fsp3) is 0.273. The largest absolute Gasteiger partial charge is 0.495 e. The summed E-state index contributed by atoms with van der Waals surface area (Å²) in [6.07, 6.45) is 9.10.